The molecule has 2 aromatic rings. The number of carbonyl (C=O) groups excluding carboxylic acids is 2. The van der Waals surface area contributed by atoms with E-state index in [1.807, 2.05) is 64.1 Å². The van der Waals surface area contributed by atoms with E-state index in [0.717, 1.165) is 28.9 Å². The van der Waals surface area contributed by atoms with Crippen LogP contribution in [0.3, 0.4) is 0 Å². The van der Waals surface area contributed by atoms with Crippen molar-refractivity contribution in [1.29, 1.82) is 0 Å². The van der Waals surface area contributed by atoms with Crippen LogP contribution in [0.2, 0.25) is 0 Å². The van der Waals surface area contributed by atoms with Crippen LogP contribution in [0.4, 0.5) is 0 Å². The molecular weight excluding hydrogens is 418 g/mol. The topological polar surface area (TPSA) is 76.1 Å². The molecule has 2 aliphatic rings. The van der Waals surface area contributed by atoms with Crippen molar-refractivity contribution in [1.82, 2.24) is 4.90 Å². The van der Waals surface area contributed by atoms with Crippen LogP contribution in [0, 0.1) is 6.92 Å². The minimum Gasteiger partial charge on any atom is -0.507 e. The molecular formula is C27H31NO5. The number of hydrogen-bond donors (Lipinski definition) is 1. The van der Waals surface area contributed by atoms with E-state index < -0.39 is 17.7 Å². The van der Waals surface area contributed by atoms with E-state index >= 15 is 0 Å². The van der Waals surface area contributed by atoms with E-state index in [2.05, 4.69) is 0 Å². The van der Waals surface area contributed by atoms with Gasteiger partial charge >= 0.3 is 0 Å². The van der Waals surface area contributed by atoms with Crippen molar-refractivity contribution in [2.45, 2.75) is 58.8 Å². The summed E-state index contributed by atoms with van der Waals surface area (Å²) in [5, 5.41) is 11.3. The summed E-state index contributed by atoms with van der Waals surface area (Å²) in [4.78, 5) is 27.8. The maximum Gasteiger partial charge on any atom is 0.295 e. The number of aryl methyl sites for hydroxylation is 1. The molecule has 1 N–H and O–H groups in total. The maximum absolute atomic E-state index is 13.2. The van der Waals surface area contributed by atoms with Crippen LogP contribution in [0.15, 0.2) is 48.0 Å². The predicted octanol–water partition coefficient (Wildman–Crippen LogP) is 4.56. The van der Waals surface area contributed by atoms with Gasteiger partial charge in [0, 0.05) is 25.1 Å². The van der Waals surface area contributed by atoms with Gasteiger partial charge in [0.15, 0.2) is 0 Å². The predicted molar refractivity (Wildman–Crippen MR) is 126 cm³/mol. The van der Waals surface area contributed by atoms with Crippen LogP contribution in [0.5, 0.6) is 5.75 Å². The molecule has 1 saturated heterocycles. The van der Waals surface area contributed by atoms with Crippen LogP contribution in [0.1, 0.15) is 55.5 Å². The molecule has 0 bridgehead atoms. The molecule has 1 amide bonds. The Kier molecular flexibility index (Phi) is 6.56. The van der Waals surface area contributed by atoms with Gasteiger partial charge in [0.25, 0.3) is 11.7 Å². The number of amides is 1. The molecule has 0 aromatic heterocycles. The third-order valence-electron chi connectivity index (χ3n) is 6.19. The molecule has 6 nitrogen and oxygen atoms in total. The number of nitrogens with zero attached hydrogens (tertiary/aromatic N) is 1. The highest BCUT2D eigenvalue weighted by molar-refractivity contribution is 6.46. The Hall–Kier alpha value is -3.12. The summed E-state index contributed by atoms with van der Waals surface area (Å²) in [6.07, 6.45) is 1.51. The molecule has 33 heavy (non-hydrogen) atoms. The summed E-state index contributed by atoms with van der Waals surface area (Å²) in [6.45, 7) is 8.72. The Morgan fingerprint density at radius 2 is 1.97 bits per heavy atom. The van der Waals surface area contributed by atoms with Gasteiger partial charge in [0.1, 0.15) is 17.6 Å². The lowest BCUT2D eigenvalue weighted by molar-refractivity contribution is -0.140. The fraction of sp³-hybridized carbons (Fsp3) is 0.407. The number of hydrogen-bond acceptors (Lipinski definition) is 5. The normalized spacial score (nSPS) is 21.5. The number of Topliss-reactive ketones (excluding diaryl/α,β-unsaturated/α-hetero) is 1. The quantitative estimate of drug-likeness (QED) is 0.290. The molecule has 2 aromatic carbocycles. The van der Waals surface area contributed by atoms with E-state index in [1.165, 1.54) is 0 Å². The summed E-state index contributed by atoms with van der Waals surface area (Å²) >= 11 is 0. The van der Waals surface area contributed by atoms with Gasteiger partial charge in [-0.2, -0.15) is 0 Å². The SMILES string of the molecule is Cc1ccccc1C1/C(=C(\O)c2ccc3c(c2)CC(C)O3)C(=O)C(=O)N1CCCOC(C)C. The number of ether oxygens (including phenoxy) is 2. The summed E-state index contributed by atoms with van der Waals surface area (Å²) in [7, 11) is 0. The Bertz CT molecular complexity index is 1100. The van der Waals surface area contributed by atoms with Crippen LogP contribution in [-0.2, 0) is 20.7 Å². The molecule has 6 heteroatoms. The molecule has 0 spiro atoms. The number of benzene rings is 2. The van der Waals surface area contributed by atoms with Crippen LogP contribution in [0.25, 0.3) is 5.76 Å². The molecule has 0 saturated carbocycles. The zero-order chi connectivity index (χ0) is 23.7. The van der Waals surface area contributed by atoms with E-state index in [9.17, 15) is 14.7 Å². The van der Waals surface area contributed by atoms with Gasteiger partial charge in [-0.05, 0) is 69.0 Å². The lowest BCUT2D eigenvalue weighted by Crippen LogP contribution is -2.31. The average molecular weight is 450 g/mol. The highest BCUT2D eigenvalue weighted by Gasteiger charge is 2.46. The van der Waals surface area contributed by atoms with Crippen molar-refractivity contribution in [3.8, 4) is 5.75 Å². The van der Waals surface area contributed by atoms with Crippen LogP contribution >= 0.6 is 0 Å². The number of aliphatic hydroxyl groups is 1. The minimum absolute atomic E-state index is 0.0722. The number of likely N-dealkylation sites (tertiary alicyclic amines) is 1. The second kappa shape index (κ2) is 9.40. The standard InChI is InChI=1S/C27H31NO5/c1-16(2)32-13-7-12-28-24(21-9-6-5-8-17(21)3)23(26(30)27(28)31)25(29)19-10-11-22-20(15-19)14-18(4)33-22/h5-6,8-11,15-16,18,24,29H,7,12-14H2,1-4H3/b25-23+. The van der Waals surface area contributed by atoms with Crippen molar-refractivity contribution in [3.63, 3.8) is 0 Å². The lowest BCUT2D eigenvalue weighted by Gasteiger charge is -2.26. The number of fused-ring (bicyclic) bond motifs is 1. The minimum atomic E-state index is -0.657. The van der Waals surface area contributed by atoms with Gasteiger partial charge in [-0.3, -0.25) is 9.59 Å². The van der Waals surface area contributed by atoms with Crippen LogP contribution < -0.4 is 4.74 Å². The summed E-state index contributed by atoms with van der Waals surface area (Å²) < 4.78 is 11.4. The van der Waals surface area contributed by atoms with Crippen molar-refractivity contribution in [2.75, 3.05) is 13.2 Å². The van der Waals surface area contributed by atoms with E-state index in [0.29, 0.717) is 25.1 Å². The van der Waals surface area contributed by atoms with Crippen molar-refractivity contribution in [3.05, 3.63) is 70.3 Å². The van der Waals surface area contributed by atoms with Crippen molar-refractivity contribution < 1.29 is 24.2 Å². The van der Waals surface area contributed by atoms with Gasteiger partial charge in [0.2, 0.25) is 0 Å². The third kappa shape index (κ3) is 4.53. The second-order valence-corrected chi connectivity index (χ2v) is 9.08. The van der Waals surface area contributed by atoms with E-state index in [-0.39, 0.29) is 23.5 Å². The van der Waals surface area contributed by atoms with Crippen molar-refractivity contribution in [2.24, 2.45) is 0 Å². The number of carbonyl (C=O) groups is 2. The molecule has 0 aliphatic carbocycles. The fourth-order valence-electron chi connectivity index (χ4n) is 4.61. The maximum atomic E-state index is 13.2. The molecule has 4 rings (SSSR count). The molecule has 2 unspecified atom stereocenters. The lowest BCUT2D eigenvalue weighted by atomic mass is 9.92. The first-order chi connectivity index (χ1) is 15.8. The highest BCUT2D eigenvalue weighted by atomic mass is 16.5. The average Bonchev–Trinajstić information content (AvgIpc) is 3.27. The summed E-state index contributed by atoms with van der Waals surface area (Å²) in [6, 6.07) is 12.4. The van der Waals surface area contributed by atoms with Gasteiger partial charge in [-0.25, -0.2) is 0 Å². The van der Waals surface area contributed by atoms with E-state index in [1.54, 1.807) is 11.0 Å². The molecule has 2 aliphatic heterocycles. The molecule has 174 valence electrons. The highest BCUT2D eigenvalue weighted by Crippen LogP contribution is 2.41. The first-order valence-corrected chi connectivity index (χ1v) is 11.5. The fourth-order valence-corrected chi connectivity index (χ4v) is 4.61. The number of aliphatic hydroxyl groups excluding tert-OH is 1. The Balaban J connectivity index is 1.75. The molecule has 0 radical (unpaired) electrons. The zero-order valence-corrected chi connectivity index (χ0v) is 19.6. The van der Waals surface area contributed by atoms with E-state index in [4.69, 9.17) is 9.47 Å². The van der Waals surface area contributed by atoms with Gasteiger partial charge in [-0.15, -0.1) is 0 Å². The first kappa shape index (κ1) is 23.1. The smallest absolute Gasteiger partial charge is 0.295 e. The van der Waals surface area contributed by atoms with Gasteiger partial charge in [0.05, 0.1) is 17.7 Å². The molecule has 1 fully saturated rings. The Morgan fingerprint density at radius 3 is 2.70 bits per heavy atom. The van der Waals surface area contributed by atoms with Crippen LogP contribution in [-0.4, -0.2) is 47.1 Å². The van der Waals surface area contributed by atoms with Crippen molar-refractivity contribution >= 4 is 17.4 Å². The first-order valence-electron chi connectivity index (χ1n) is 11.5. The van der Waals surface area contributed by atoms with Gasteiger partial charge < -0.3 is 19.5 Å². The monoisotopic (exact) mass is 449 g/mol. The van der Waals surface area contributed by atoms with Gasteiger partial charge in [-0.1, -0.05) is 24.3 Å². The number of ketones is 1. The Labute approximate surface area is 194 Å². The molecule has 2 atom stereocenters. The third-order valence-corrected chi connectivity index (χ3v) is 6.19. The molecule has 2 heterocycles. The largest absolute Gasteiger partial charge is 0.507 e. The summed E-state index contributed by atoms with van der Waals surface area (Å²) in [5.74, 6) is -0.604. The second-order valence-electron chi connectivity index (χ2n) is 9.08. The zero-order valence-electron chi connectivity index (χ0n) is 19.6. The summed E-state index contributed by atoms with van der Waals surface area (Å²) in [5.41, 5.74) is 3.42. The number of rotatable bonds is 7. The Morgan fingerprint density at radius 1 is 1.21 bits per heavy atom.